The molecule has 2 rings (SSSR count). The van der Waals surface area contributed by atoms with Crippen LogP contribution in [0.4, 0.5) is 0 Å². The third kappa shape index (κ3) is 1.74. The van der Waals surface area contributed by atoms with Gasteiger partial charge in [0.15, 0.2) is 12.0 Å². The second kappa shape index (κ2) is 3.96. The molecule has 0 saturated carbocycles. The van der Waals surface area contributed by atoms with Crippen LogP contribution >= 0.6 is 0 Å². The molecule has 0 unspecified atom stereocenters. The van der Waals surface area contributed by atoms with Gasteiger partial charge in [-0.05, 0) is 12.1 Å². The summed E-state index contributed by atoms with van der Waals surface area (Å²) in [6, 6.07) is 5.29. The molecule has 0 aliphatic rings. The Bertz CT molecular complexity index is 459. The number of furan rings is 1. The van der Waals surface area contributed by atoms with Gasteiger partial charge in [-0.2, -0.15) is 0 Å². The first-order valence-corrected chi connectivity index (χ1v) is 4.38. The van der Waals surface area contributed by atoms with Crippen molar-refractivity contribution >= 4 is 6.29 Å². The van der Waals surface area contributed by atoms with Crippen LogP contribution in [0.1, 0.15) is 10.6 Å². The number of ether oxygens (including phenoxy) is 1. The molecule has 2 aromatic rings. The Morgan fingerprint density at radius 1 is 1.40 bits per heavy atom. The van der Waals surface area contributed by atoms with Gasteiger partial charge in [0.1, 0.15) is 0 Å². The van der Waals surface area contributed by atoms with Crippen molar-refractivity contribution in [3.8, 4) is 17.0 Å². The van der Waals surface area contributed by atoms with E-state index in [1.807, 2.05) is 6.07 Å². The smallest absolute Gasteiger partial charge is 0.212 e. The number of carbonyl (C=O) groups excluding carboxylic acids is 1. The number of methoxy groups -OCH3 is 1. The fourth-order valence-corrected chi connectivity index (χ4v) is 1.31. The average molecular weight is 203 g/mol. The fourth-order valence-electron chi connectivity index (χ4n) is 1.31. The van der Waals surface area contributed by atoms with Gasteiger partial charge < -0.3 is 9.15 Å². The third-order valence-corrected chi connectivity index (χ3v) is 2.06. The Kier molecular flexibility index (Phi) is 2.49. The first-order valence-electron chi connectivity index (χ1n) is 4.38. The van der Waals surface area contributed by atoms with Gasteiger partial charge in [0.05, 0.1) is 13.4 Å². The van der Waals surface area contributed by atoms with E-state index in [0.717, 1.165) is 11.1 Å². The average Bonchev–Trinajstić information content (AvgIpc) is 2.77. The Balaban J connectivity index is 2.41. The molecule has 0 atom stereocenters. The predicted octanol–water partition coefficient (Wildman–Crippen LogP) is 2.16. The molecule has 0 saturated heterocycles. The van der Waals surface area contributed by atoms with E-state index in [4.69, 9.17) is 9.15 Å². The van der Waals surface area contributed by atoms with Crippen molar-refractivity contribution in [2.45, 2.75) is 0 Å². The van der Waals surface area contributed by atoms with Crippen LogP contribution in [0, 0.1) is 0 Å². The maximum atomic E-state index is 10.6. The van der Waals surface area contributed by atoms with Gasteiger partial charge in [0, 0.05) is 23.4 Å². The zero-order chi connectivity index (χ0) is 10.7. The number of carbonyl (C=O) groups is 1. The fraction of sp³-hybridized carbons (Fsp3) is 0.0909. The van der Waals surface area contributed by atoms with Crippen molar-refractivity contribution in [2.75, 3.05) is 7.11 Å². The molecule has 4 nitrogen and oxygen atoms in total. The first-order chi connectivity index (χ1) is 7.35. The van der Waals surface area contributed by atoms with Crippen LogP contribution in [0.2, 0.25) is 0 Å². The molecule has 4 heteroatoms. The van der Waals surface area contributed by atoms with Gasteiger partial charge in [-0.1, -0.05) is 0 Å². The highest BCUT2D eigenvalue weighted by molar-refractivity contribution is 5.83. The minimum atomic E-state index is 0.307. The van der Waals surface area contributed by atoms with Crippen LogP contribution in [0.25, 0.3) is 11.1 Å². The number of aldehydes is 1. The van der Waals surface area contributed by atoms with Crippen LogP contribution in [0.3, 0.4) is 0 Å². The summed E-state index contributed by atoms with van der Waals surface area (Å²) in [6.07, 6.45) is 3.79. The van der Waals surface area contributed by atoms with E-state index in [2.05, 4.69) is 4.98 Å². The minimum absolute atomic E-state index is 0.307. The Morgan fingerprint density at radius 3 is 2.87 bits per heavy atom. The lowest BCUT2D eigenvalue weighted by atomic mass is 10.1. The molecule has 15 heavy (non-hydrogen) atoms. The summed E-state index contributed by atoms with van der Waals surface area (Å²) in [7, 11) is 1.55. The summed E-state index contributed by atoms with van der Waals surface area (Å²) in [5.74, 6) is 0.844. The van der Waals surface area contributed by atoms with Gasteiger partial charge in [0.25, 0.3) is 0 Å². The monoisotopic (exact) mass is 203 g/mol. The largest absolute Gasteiger partial charge is 0.481 e. The van der Waals surface area contributed by atoms with Crippen molar-refractivity contribution in [3.63, 3.8) is 0 Å². The van der Waals surface area contributed by atoms with E-state index in [9.17, 15) is 4.79 Å². The molecule has 0 amide bonds. The van der Waals surface area contributed by atoms with Gasteiger partial charge in [0.2, 0.25) is 5.88 Å². The zero-order valence-electron chi connectivity index (χ0n) is 8.14. The molecule has 0 aliphatic heterocycles. The number of pyridine rings is 1. The summed E-state index contributed by atoms with van der Waals surface area (Å²) in [4.78, 5) is 14.7. The molecule has 0 aromatic carbocycles. The molecule has 0 radical (unpaired) electrons. The number of hydrogen-bond donors (Lipinski definition) is 0. The van der Waals surface area contributed by atoms with Crippen LogP contribution in [-0.2, 0) is 0 Å². The minimum Gasteiger partial charge on any atom is -0.481 e. The molecular weight excluding hydrogens is 194 g/mol. The second-order valence-corrected chi connectivity index (χ2v) is 2.91. The normalized spacial score (nSPS) is 9.93. The van der Waals surface area contributed by atoms with Gasteiger partial charge in [-0.25, -0.2) is 4.98 Å². The number of rotatable bonds is 3. The maximum absolute atomic E-state index is 10.6. The molecule has 0 fully saturated rings. The summed E-state index contributed by atoms with van der Waals surface area (Å²) in [6.45, 7) is 0. The Hall–Kier alpha value is -2.10. The van der Waals surface area contributed by atoms with Gasteiger partial charge in [-0.15, -0.1) is 0 Å². The van der Waals surface area contributed by atoms with E-state index in [-0.39, 0.29) is 0 Å². The van der Waals surface area contributed by atoms with Gasteiger partial charge in [-0.3, -0.25) is 4.79 Å². The molecule has 2 aromatic heterocycles. The highest BCUT2D eigenvalue weighted by Crippen LogP contribution is 2.23. The van der Waals surface area contributed by atoms with Crippen LogP contribution in [0.5, 0.6) is 5.88 Å². The quantitative estimate of drug-likeness (QED) is 0.717. The maximum Gasteiger partial charge on any atom is 0.212 e. The van der Waals surface area contributed by atoms with Gasteiger partial charge >= 0.3 is 0 Å². The third-order valence-electron chi connectivity index (χ3n) is 2.06. The zero-order valence-corrected chi connectivity index (χ0v) is 8.14. The SMILES string of the molecule is COc1ccc(-c2ccoc2C=O)cn1. The standard InChI is InChI=1S/C11H9NO3/c1-14-11-3-2-8(6-12-11)9-4-5-15-10(9)7-13/h2-7H,1H3. The lowest BCUT2D eigenvalue weighted by Crippen LogP contribution is -1.87. The lowest BCUT2D eigenvalue weighted by Gasteiger charge is -2.00. The lowest BCUT2D eigenvalue weighted by molar-refractivity contribution is 0.110. The molecule has 0 aliphatic carbocycles. The topological polar surface area (TPSA) is 52.3 Å². The molecular formula is C11H9NO3. The van der Waals surface area contributed by atoms with Crippen molar-refractivity contribution < 1.29 is 13.9 Å². The second-order valence-electron chi connectivity index (χ2n) is 2.91. The number of aromatic nitrogens is 1. The van der Waals surface area contributed by atoms with Crippen LogP contribution in [0.15, 0.2) is 35.1 Å². The van der Waals surface area contributed by atoms with Crippen molar-refractivity contribution in [3.05, 3.63) is 36.4 Å². The van der Waals surface area contributed by atoms with Crippen molar-refractivity contribution in [1.82, 2.24) is 4.98 Å². The van der Waals surface area contributed by atoms with E-state index in [1.54, 1.807) is 25.4 Å². The van der Waals surface area contributed by atoms with Crippen LogP contribution in [-0.4, -0.2) is 18.4 Å². The molecule has 2 heterocycles. The first kappa shape index (κ1) is 9.45. The summed E-state index contributed by atoms with van der Waals surface area (Å²) < 4.78 is 9.94. The van der Waals surface area contributed by atoms with E-state index in [1.165, 1.54) is 6.26 Å². The van der Waals surface area contributed by atoms with Crippen molar-refractivity contribution in [2.24, 2.45) is 0 Å². The summed E-state index contributed by atoms with van der Waals surface area (Å²) in [5.41, 5.74) is 1.56. The highest BCUT2D eigenvalue weighted by atomic mass is 16.5. The Labute approximate surface area is 86.5 Å². The molecule has 0 N–H and O–H groups in total. The van der Waals surface area contributed by atoms with Crippen molar-refractivity contribution in [1.29, 1.82) is 0 Å². The summed E-state index contributed by atoms with van der Waals surface area (Å²) >= 11 is 0. The summed E-state index contributed by atoms with van der Waals surface area (Å²) in [5, 5.41) is 0. The number of nitrogens with zero attached hydrogens (tertiary/aromatic N) is 1. The molecule has 0 bridgehead atoms. The highest BCUT2D eigenvalue weighted by Gasteiger charge is 2.07. The van der Waals surface area contributed by atoms with E-state index >= 15 is 0 Å². The van der Waals surface area contributed by atoms with Crippen LogP contribution < -0.4 is 4.74 Å². The number of hydrogen-bond acceptors (Lipinski definition) is 4. The molecule has 76 valence electrons. The van der Waals surface area contributed by atoms with E-state index < -0.39 is 0 Å². The Morgan fingerprint density at radius 2 is 2.27 bits per heavy atom. The van der Waals surface area contributed by atoms with E-state index in [0.29, 0.717) is 17.9 Å². The molecule has 0 spiro atoms. The predicted molar refractivity (Wildman–Crippen MR) is 53.9 cm³/mol.